The van der Waals surface area contributed by atoms with Crippen LogP contribution >= 0.6 is 27.5 Å². The van der Waals surface area contributed by atoms with Crippen molar-refractivity contribution in [3.8, 4) is 6.19 Å². The zero-order valence-electron chi connectivity index (χ0n) is 20.7. The molecule has 38 heavy (non-hydrogen) atoms. The maximum Gasteiger partial charge on any atom is 0.212 e. The molecular weight excluding hydrogens is 586 g/mol. The van der Waals surface area contributed by atoms with Crippen LogP contribution in [0.25, 0.3) is 5.57 Å². The summed E-state index contributed by atoms with van der Waals surface area (Å²) in [6.45, 7) is 1.34. The fourth-order valence-corrected chi connectivity index (χ4v) is 6.22. The molecule has 1 aliphatic heterocycles. The Kier molecular flexibility index (Phi) is 7.57. The molecule has 1 N–H and O–H groups in total. The molecule has 0 spiro atoms. The first kappa shape index (κ1) is 26.4. The molecule has 1 fully saturated rings. The molecule has 0 unspecified atom stereocenters. The fourth-order valence-electron chi connectivity index (χ4n) is 5.02. The van der Waals surface area contributed by atoms with E-state index in [1.807, 2.05) is 23.4 Å². The monoisotopic (exact) mass is 609 g/mol. The van der Waals surface area contributed by atoms with Gasteiger partial charge in [-0.15, -0.1) is 0 Å². The van der Waals surface area contributed by atoms with Gasteiger partial charge >= 0.3 is 0 Å². The van der Waals surface area contributed by atoms with Crippen molar-refractivity contribution in [3.05, 3.63) is 92.2 Å². The van der Waals surface area contributed by atoms with Crippen molar-refractivity contribution in [2.24, 2.45) is 4.99 Å². The van der Waals surface area contributed by atoms with Crippen molar-refractivity contribution in [3.63, 3.8) is 0 Å². The molecule has 194 valence electrons. The molecular formula is C28H25BrClN5O2S. The van der Waals surface area contributed by atoms with E-state index >= 15 is 0 Å². The van der Waals surface area contributed by atoms with Gasteiger partial charge in [0.2, 0.25) is 5.96 Å². The van der Waals surface area contributed by atoms with Crippen LogP contribution in [0.2, 0.25) is 5.02 Å². The first-order chi connectivity index (χ1) is 18.2. The van der Waals surface area contributed by atoms with Gasteiger partial charge in [0.05, 0.1) is 16.3 Å². The van der Waals surface area contributed by atoms with E-state index in [4.69, 9.17) is 16.6 Å². The van der Waals surface area contributed by atoms with Crippen LogP contribution in [0.5, 0.6) is 0 Å². The molecule has 0 atom stereocenters. The number of nitrogens with one attached hydrogen (secondary N) is 1. The lowest BCUT2D eigenvalue weighted by atomic mass is 9.88. The van der Waals surface area contributed by atoms with Crippen LogP contribution in [0.4, 0.5) is 5.69 Å². The predicted molar refractivity (Wildman–Crippen MR) is 153 cm³/mol. The van der Waals surface area contributed by atoms with Crippen molar-refractivity contribution >= 4 is 54.6 Å². The number of aryl methyl sites for hydroxylation is 2. The SMILES string of the molecule is CS(=O)(=O)c1ccc(N=C(NC#N)N2CCC(=C3c4ccc(Cl)cc4CCc4cc(Br)cnc43)CC2)cc1. The molecule has 2 aliphatic rings. The number of nitriles is 1. The van der Waals surface area contributed by atoms with Gasteiger partial charge in [0.15, 0.2) is 16.0 Å². The summed E-state index contributed by atoms with van der Waals surface area (Å²) in [7, 11) is -3.29. The molecule has 7 nitrogen and oxygen atoms in total. The van der Waals surface area contributed by atoms with Crippen LogP contribution in [0.1, 0.15) is 35.2 Å². The first-order valence-corrected chi connectivity index (χ1v) is 15.2. The molecule has 5 rings (SSSR count). The fraction of sp³-hybridized carbons (Fsp3) is 0.250. The van der Waals surface area contributed by atoms with E-state index in [-0.39, 0.29) is 4.90 Å². The zero-order chi connectivity index (χ0) is 26.9. The normalized spacial score (nSPS) is 15.8. The molecule has 2 heterocycles. The van der Waals surface area contributed by atoms with E-state index in [0.717, 1.165) is 40.9 Å². The third-order valence-corrected chi connectivity index (χ3v) is 8.66. The van der Waals surface area contributed by atoms with Crippen molar-refractivity contribution in [1.29, 1.82) is 5.26 Å². The topological polar surface area (TPSA) is 98.4 Å². The molecule has 0 radical (unpaired) electrons. The average molecular weight is 611 g/mol. The van der Waals surface area contributed by atoms with Crippen molar-refractivity contribution < 1.29 is 8.42 Å². The minimum atomic E-state index is -3.29. The number of piperidine rings is 1. The lowest BCUT2D eigenvalue weighted by Gasteiger charge is -2.32. The number of aliphatic imine (C=N–C) groups is 1. The van der Waals surface area contributed by atoms with Gasteiger partial charge in [-0.3, -0.25) is 10.3 Å². The Morgan fingerprint density at radius 2 is 1.79 bits per heavy atom. The number of hydrogen-bond acceptors (Lipinski definition) is 5. The molecule has 2 aromatic carbocycles. The second-order valence-electron chi connectivity index (χ2n) is 9.37. The maximum absolute atomic E-state index is 11.8. The number of hydrogen-bond donors (Lipinski definition) is 1. The first-order valence-electron chi connectivity index (χ1n) is 12.2. The van der Waals surface area contributed by atoms with Crippen molar-refractivity contribution in [1.82, 2.24) is 15.2 Å². The molecule has 3 aromatic rings. The third-order valence-electron chi connectivity index (χ3n) is 6.86. The summed E-state index contributed by atoms with van der Waals surface area (Å²) < 4.78 is 24.5. The Morgan fingerprint density at radius 3 is 2.47 bits per heavy atom. The van der Waals surface area contributed by atoms with Crippen LogP contribution in [-0.4, -0.2) is 43.6 Å². The number of pyridine rings is 1. The highest BCUT2D eigenvalue weighted by Crippen LogP contribution is 2.39. The van der Waals surface area contributed by atoms with Crippen molar-refractivity contribution in [2.75, 3.05) is 19.3 Å². The average Bonchev–Trinajstić information content (AvgIpc) is 3.04. The van der Waals surface area contributed by atoms with Gasteiger partial charge in [0, 0.05) is 40.6 Å². The highest BCUT2D eigenvalue weighted by atomic mass is 79.9. The summed E-state index contributed by atoms with van der Waals surface area (Å²) in [4.78, 5) is 11.7. The second-order valence-corrected chi connectivity index (χ2v) is 12.7. The smallest absolute Gasteiger partial charge is 0.212 e. The van der Waals surface area contributed by atoms with Crippen molar-refractivity contribution in [2.45, 2.75) is 30.6 Å². The Bertz CT molecular complexity index is 1550. The Balaban J connectivity index is 1.47. The van der Waals surface area contributed by atoms with Crippen LogP contribution in [-0.2, 0) is 22.7 Å². The highest BCUT2D eigenvalue weighted by Gasteiger charge is 2.26. The van der Waals surface area contributed by atoms with E-state index in [2.05, 4.69) is 44.4 Å². The summed E-state index contributed by atoms with van der Waals surface area (Å²) in [6.07, 6.45) is 8.36. The number of aromatic nitrogens is 1. The van der Waals surface area contributed by atoms with Crippen LogP contribution < -0.4 is 5.32 Å². The van der Waals surface area contributed by atoms with Crippen LogP contribution in [0.15, 0.2) is 74.7 Å². The minimum Gasteiger partial charge on any atom is -0.341 e. The van der Waals surface area contributed by atoms with Gasteiger partial charge in [-0.25, -0.2) is 13.4 Å². The second kappa shape index (κ2) is 10.9. The molecule has 1 aliphatic carbocycles. The maximum atomic E-state index is 11.8. The molecule has 0 saturated carbocycles. The highest BCUT2D eigenvalue weighted by molar-refractivity contribution is 9.10. The van der Waals surface area contributed by atoms with Crippen LogP contribution in [0.3, 0.4) is 0 Å². The van der Waals surface area contributed by atoms with Gasteiger partial charge in [-0.05, 0) is 101 Å². The molecule has 10 heteroatoms. The van der Waals surface area contributed by atoms with E-state index in [0.29, 0.717) is 24.7 Å². The summed E-state index contributed by atoms with van der Waals surface area (Å²) in [6, 6.07) is 14.6. The zero-order valence-corrected chi connectivity index (χ0v) is 23.9. The predicted octanol–water partition coefficient (Wildman–Crippen LogP) is 5.66. The molecule has 0 bridgehead atoms. The number of likely N-dealkylation sites (tertiary alicyclic amines) is 1. The van der Waals surface area contributed by atoms with Gasteiger partial charge in [0.25, 0.3) is 0 Å². The number of rotatable bonds is 2. The van der Waals surface area contributed by atoms with E-state index in [1.165, 1.54) is 46.2 Å². The number of sulfone groups is 1. The number of guanidine groups is 1. The van der Waals surface area contributed by atoms with E-state index in [9.17, 15) is 13.7 Å². The van der Waals surface area contributed by atoms with E-state index < -0.39 is 9.84 Å². The van der Waals surface area contributed by atoms with Gasteiger partial charge in [-0.2, -0.15) is 5.26 Å². The third kappa shape index (κ3) is 5.63. The molecule has 1 saturated heterocycles. The summed E-state index contributed by atoms with van der Waals surface area (Å²) in [5.74, 6) is 0.444. The quantitative estimate of drug-likeness (QED) is 0.174. The Labute approximate surface area is 235 Å². The van der Waals surface area contributed by atoms with Gasteiger partial charge in [0.1, 0.15) is 0 Å². The summed E-state index contributed by atoms with van der Waals surface area (Å²) in [5, 5.41) is 12.8. The number of nitrogens with zero attached hydrogens (tertiary/aromatic N) is 4. The summed E-state index contributed by atoms with van der Waals surface area (Å²) >= 11 is 9.93. The lowest BCUT2D eigenvalue weighted by Crippen LogP contribution is -2.42. The van der Waals surface area contributed by atoms with Gasteiger partial charge < -0.3 is 4.90 Å². The minimum absolute atomic E-state index is 0.228. The molecule has 0 amide bonds. The summed E-state index contributed by atoms with van der Waals surface area (Å²) in [5.41, 5.74) is 7.70. The van der Waals surface area contributed by atoms with Crippen LogP contribution in [0, 0.1) is 11.5 Å². The molecule has 1 aromatic heterocycles. The standard InChI is InChI=1S/C28H25BrClN5O2S/c1-38(36,37)24-7-5-23(6-8-24)34-28(33-17-31)35-12-10-18(11-13-35)26-25-9-4-22(30)15-19(25)2-3-20-14-21(29)16-32-27(20)26/h4-9,14-16H,2-3,10-13H2,1H3,(H,33,34). The number of halogens is 2. The largest absolute Gasteiger partial charge is 0.341 e. The number of benzene rings is 2. The lowest BCUT2D eigenvalue weighted by molar-refractivity contribution is 0.380. The Morgan fingerprint density at radius 1 is 1.08 bits per heavy atom. The number of fused-ring (bicyclic) bond motifs is 2. The van der Waals surface area contributed by atoms with E-state index in [1.54, 1.807) is 12.1 Å². The Hall–Kier alpha value is -3.19. The van der Waals surface area contributed by atoms with Gasteiger partial charge in [-0.1, -0.05) is 23.2 Å².